The number of methoxy groups -OCH3 is 1. The number of hydrogen-bond donors (Lipinski definition) is 1. The summed E-state index contributed by atoms with van der Waals surface area (Å²) < 4.78 is 5.14. The fourth-order valence-electron chi connectivity index (χ4n) is 2.27. The molecule has 0 fully saturated rings. The van der Waals surface area contributed by atoms with Gasteiger partial charge in [-0.15, -0.1) is 11.3 Å². The van der Waals surface area contributed by atoms with Gasteiger partial charge >= 0.3 is 0 Å². The van der Waals surface area contributed by atoms with E-state index < -0.39 is 0 Å². The van der Waals surface area contributed by atoms with Crippen LogP contribution in [0.3, 0.4) is 0 Å². The molecule has 124 valence electrons. The second kappa shape index (κ2) is 7.60. The van der Waals surface area contributed by atoms with Crippen LogP contribution >= 0.6 is 11.3 Å². The first-order valence-electron chi connectivity index (χ1n) is 7.57. The Hall–Kier alpha value is -3.17. The molecule has 0 aliphatic rings. The van der Waals surface area contributed by atoms with Crippen molar-refractivity contribution in [3.63, 3.8) is 0 Å². The van der Waals surface area contributed by atoms with E-state index in [2.05, 4.69) is 16.4 Å². The van der Waals surface area contributed by atoms with E-state index in [1.165, 1.54) is 11.3 Å². The number of nitrogens with one attached hydrogen (secondary N) is 1. The van der Waals surface area contributed by atoms with Crippen LogP contribution in [0.4, 0.5) is 0 Å². The Bertz CT molecular complexity index is 926. The van der Waals surface area contributed by atoms with Crippen LogP contribution in [0.25, 0.3) is 10.6 Å². The maximum absolute atomic E-state index is 12.3. The zero-order chi connectivity index (χ0) is 17.6. The highest BCUT2D eigenvalue weighted by Gasteiger charge is 2.12. The lowest BCUT2D eigenvalue weighted by molar-refractivity contribution is 0.0946. The van der Waals surface area contributed by atoms with Gasteiger partial charge in [0.25, 0.3) is 5.91 Å². The van der Waals surface area contributed by atoms with Crippen LogP contribution in [-0.2, 0) is 6.54 Å². The van der Waals surface area contributed by atoms with E-state index in [0.29, 0.717) is 17.8 Å². The molecule has 0 aliphatic carbocycles. The molecule has 6 heteroatoms. The first-order valence-corrected chi connectivity index (χ1v) is 8.45. The molecule has 0 bridgehead atoms. The van der Waals surface area contributed by atoms with Crippen molar-refractivity contribution in [2.24, 2.45) is 0 Å². The van der Waals surface area contributed by atoms with E-state index in [1.54, 1.807) is 30.7 Å². The van der Waals surface area contributed by atoms with E-state index in [9.17, 15) is 4.79 Å². The number of aromatic nitrogens is 1. The molecule has 2 aromatic carbocycles. The van der Waals surface area contributed by atoms with Crippen LogP contribution in [0, 0.1) is 11.3 Å². The molecular weight excluding hydrogens is 334 g/mol. The SMILES string of the molecule is COc1ccc(-c2nc(C(=O)NCc3cccc(C#N)c3)cs2)cc1. The van der Waals surface area contributed by atoms with Crippen molar-refractivity contribution in [3.8, 4) is 22.4 Å². The molecule has 0 unspecified atom stereocenters. The van der Waals surface area contributed by atoms with Crippen LogP contribution in [-0.4, -0.2) is 18.0 Å². The van der Waals surface area contributed by atoms with E-state index >= 15 is 0 Å². The van der Waals surface area contributed by atoms with E-state index in [1.807, 2.05) is 30.3 Å². The van der Waals surface area contributed by atoms with Crippen molar-refractivity contribution < 1.29 is 9.53 Å². The number of hydrogen-bond acceptors (Lipinski definition) is 5. The Morgan fingerprint density at radius 2 is 2.08 bits per heavy atom. The van der Waals surface area contributed by atoms with E-state index in [0.717, 1.165) is 21.9 Å². The second-order valence-corrected chi connectivity index (χ2v) is 6.12. The molecule has 0 spiro atoms. The molecule has 3 aromatic rings. The van der Waals surface area contributed by atoms with Gasteiger partial charge in [-0.05, 0) is 42.0 Å². The predicted molar refractivity (Wildman–Crippen MR) is 96.4 cm³/mol. The first-order chi connectivity index (χ1) is 12.2. The maximum atomic E-state index is 12.3. The number of carbonyl (C=O) groups excluding carboxylic acids is 1. The number of nitrogens with zero attached hydrogens (tertiary/aromatic N) is 2. The summed E-state index contributed by atoms with van der Waals surface area (Å²) in [7, 11) is 1.62. The molecular formula is C19H15N3O2S. The van der Waals surface area contributed by atoms with E-state index in [4.69, 9.17) is 10.00 Å². The van der Waals surface area contributed by atoms with Gasteiger partial charge in [0.1, 0.15) is 16.5 Å². The number of benzene rings is 2. The molecule has 0 aliphatic heterocycles. The van der Waals surface area contributed by atoms with Crippen LogP contribution < -0.4 is 10.1 Å². The van der Waals surface area contributed by atoms with Gasteiger partial charge < -0.3 is 10.1 Å². The van der Waals surface area contributed by atoms with Crippen molar-refractivity contribution in [3.05, 3.63) is 70.7 Å². The predicted octanol–water partition coefficient (Wildman–Crippen LogP) is 3.62. The fourth-order valence-corrected chi connectivity index (χ4v) is 3.07. The van der Waals surface area contributed by atoms with Crippen LogP contribution in [0.2, 0.25) is 0 Å². The zero-order valence-electron chi connectivity index (χ0n) is 13.5. The van der Waals surface area contributed by atoms with Crippen molar-refractivity contribution in [2.45, 2.75) is 6.54 Å². The minimum Gasteiger partial charge on any atom is -0.497 e. The summed E-state index contributed by atoms with van der Waals surface area (Å²) in [5.74, 6) is 0.538. The summed E-state index contributed by atoms with van der Waals surface area (Å²) in [5, 5.41) is 14.2. The van der Waals surface area contributed by atoms with Gasteiger partial charge in [0.15, 0.2) is 0 Å². The molecule has 0 atom stereocenters. The fraction of sp³-hybridized carbons (Fsp3) is 0.105. The van der Waals surface area contributed by atoms with Gasteiger partial charge in [0, 0.05) is 17.5 Å². The summed E-state index contributed by atoms with van der Waals surface area (Å²) in [6, 6.07) is 16.8. The number of ether oxygens (including phenoxy) is 1. The molecule has 0 saturated carbocycles. The van der Waals surface area contributed by atoms with Crippen LogP contribution in [0.5, 0.6) is 5.75 Å². The summed E-state index contributed by atoms with van der Waals surface area (Å²) in [5.41, 5.74) is 2.76. The van der Waals surface area contributed by atoms with Gasteiger partial charge in [-0.25, -0.2) is 4.98 Å². The quantitative estimate of drug-likeness (QED) is 0.763. The average molecular weight is 349 g/mol. The van der Waals surface area contributed by atoms with Gasteiger partial charge in [-0.2, -0.15) is 5.26 Å². The third kappa shape index (κ3) is 4.03. The Kier molecular flexibility index (Phi) is 5.07. The highest BCUT2D eigenvalue weighted by molar-refractivity contribution is 7.13. The molecule has 1 N–H and O–H groups in total. The lowest BCUT2D eigenvalue weighted by Gasteiger charge is -2.04. The average Bonchev–Trinajstić information content (AvgIpc) is 3.16. The lowest BCUT2D eigenvalue weighted by atomic mass is 10.1. The van der Waals surface area contributed by atoms with Crippen molar-refractivity contribution in [1.29, 1.82) is 5.26 Å². The first kappa shape index (κ1) is 16.7. The van der Waals surface area contributed by atoms with Gasteiger partial charge in [-0.1, -0.05) is 12.1 Å². The molecule has 1 heterocycles. The summed E-state index contributed by atoms with van der Waals surface area (Å²) in [6.45, 7) is 0.351. The number of carbonyl (C=O) groups is 1. The highest BCUT2D eigenvalue weighted by atomic mass is 32.1. The third-order valence-electron chi connectivity index (χ3n) is 3.58. The topological polar surface area (TPSA) is 75.0 Å². The second-order valence-electron chi connectivity index (χ2n) is 5.26. The maximum Gasteiger partial charge on any atom is 0.271 e. The minimum atomic E-state index is -0.238. The van der Waals surface area contributed by atoms with Crippen LogP contribution in [0.15, 0.2) is 53.9 Å². The smallest absolute Gasteiger partial charge is 0.271 e. The summed E-state index contributed by atoms with van der Waals surface area (Å²) in [4.78, 5) is 16.7. The molecule has 1 aromatic heterocycles. The molecule has 5 nitrogen and oxygen atoms in total. The van der Waals surface area contributed by atoms with E-state index in [-0.39, 0.29) is 5.91 Å². The lowest BCUT2D eigenvalue weighted by Crippen LogP contribution is -2.23. The summed E-state index contributed by atoms with van der Waals surface area (Å²) in [6.07, 6.45) is 0. The number of amides is 1. The number of rotatable bonds is 5. The van der Waals surface area contributed by atoms with Crippen molar-refractivity contribution in [1.82, 2.24) is 10.3 Å². The highest BCUT2D eigenvalue weighted by Crippen LogP contribution is 2.25. The third-order valence-corrected chi connectivity index (χ3v) is 4.47. The Morgan fingerprint density at radius 1 is 1.28 bits per heavy atom. The van der Waals surface area contributed by atoms with Gasteiger partial charge in [-0.3, -0.25) is 4.79 Å². The van der Waals surface area contributed by atoms with Gasteiger partial charge in [0.2, 0.25) is 0 Å². The molecule has 0 saturated heterocycles. The Balaban J connectivity index is 1.66. The largest absolute Gasteiger partial charge is 0.497 e. The normalized spacial score (nSPS) is 10.1. The zero-order valence-corrected chi connectivity index (χ0v) is 14.3. The monoisotopic (exact) mass is 349 g/mol. The standard InChI is InChI=1S/C19H15N3O2S/c1-24-16-7-5-15(6-8-16)19-22-17(12-25-19)18(23)21-11-14-4-2-3-13(9-14)10-20/h2-9,12H,11H2,1H3,(H,21,23). The van der Waals surface area contributed by atoms with Gasteiger partial charge in [0.05, 0.1) is 18.7 Å². The van der Waals surface area contributed by atoms with Crippen molar-refractivity contribution >= 4 is 17.2 Å². The number of thiazole rings is 1. The Labute approximate surface area is 149 Å². The number of nitriles is 1. The van der Waals surface area contributed by atoms with Crippen LogP contribution in [0.1, 0.15) is 21.6 Å². The Morgan fingerprint density at radius 3 is 2.80 bits per heavy atom. The molecule has 1 amide bonds. The summed E-state index contributed by atoms with van der Waals surface area (Å²) >= 11 is 1.42. The molecule has 25 heavy (non-hydrogen) atoms. The molecule has 0 radical (unpaired) electrons. The minimum absolute atomic E-state index is 0.238. The van der Waals surface area contributed by atoms with Crippen molar-refractivity contribution in [2.75, 3.05) is 7.11 Å². The molecule has 3 rings (SSSR count).